The van der Waals surface area contributed by atoms with Crippen LogP contribution >= 0.6 is 23.2 Å². The largest absolute Gasteiger partial charge is 0.274 e. The smallest absolute Gasteiger partial charge is 0.272 e. The van der Waals surface area contributed by atoms with E-state index in [0.717, 1.165) is 0 Å². The van der Waals surface area contributed by atoms with Gasteiger partial charge < -0.3 is 0 Å². The van der Waals surface area contributed by atoms with Crippen LogP contribution in [0, 0.1) is 5.92 Å². The van der Waals surface area contributed by atoms with Crippen LogP contribution < -0.4 is 0 Å². The van der Waals surface area contributed by atoms with Crippen molar-refractivity contribution in [1.82, 2.24) is 9.97 Å². The van der Waals surface area contributed by atoms with Crippen molar-refractivity contribution < 1.29 is 4.79 Å². The molecule has 0 aliphatic carbocycles. The summed E-state index contributed by atoms with van der Waals surface area (Å²) in [5, 5.41) is -0.458. The van der Waals surface area contributed by atoms with Crippen molar-refractivity contribution >= 4 is 28.4 Å². The van der Waals surface area contributed by atoms with Crippen LogP contribution in [0.25, 0.3) is 0 Å². The molecule has 1 heterocycles. The number of hydrogen-bond acceptors (Lipinski definition) is 3. The highest BCUT2D eigenvalue weighted by molar-refractivity contribution is 6.68. The van der Waals surface area contributed by atoms with Crippen LogP contribution in [0.4, 0.5) is 0 Å². The summed E-state index contributed by atoms with van der Waals surface area (Å²) in [5.41, 5.74) is 0.0824. The second kappa shape index (κ2) is 4.71. The molecule has 5 heteroatoms. The molecule has 0 amide bonds. The molecule has 0 N–H and O–H groups in total. The van der Waals surface area contributed by atoms with E-state index in [4.69, 9.17) is 23.2 Å². The summed E-state index contributed by atoms with van der Waals surface area (Å²) in [6.45, 7) is 4.08. The SMILES string of the molecule is CC(C)Cc1ncc(Cl)c(C(=O)Cl)n1. The molecule has 0 aromatic carbocycles. The monoisotopic (exact) mass is 232 g/mol. The molecule has 0 atom stereocenters. The average Bonchev–Trinajstić information content (AvgIpc) is 2.07. The third kappa shape index (κ3) is 2.93. The fourth-order valence-corrected chi connectivity index (χ4v) is 1.37. The van der Waals surface area contributed by atoms with Crippen LogP contribution in [0.1, 0.15) is 30.2 Å². The topological polar surface area (TPSA) is 42.9 Å². The molecule has 0 saturated heterocycles. The van der Waals surface area contributed by atoms with Crippen LogP contribution in [-0.2, 0) is 6.42 Å². The predicted molar refractivity (Wildman–Crippen MR) is 55.8 cm³/mol. The van der Waals surface area contributed by atoms with Gasteiger partial charge in [-0.25, -0.2) is 9.97 Å². The zero-order valence-corrected chi connectivity index (χ0v) is 9.43. The normalized spacial score (nSPS) is 10.6. The van der Waals surface area contributed by atoms with Gasteiger partial charge in [-0.15, -0.1) is 0 Å². The van der Waals surface area contributed by atoms with Crippen molar-refractivity contribution in [2.45, 2.75) is 20.3 Å². The van der Waals surface area contributed by atoms with Gasteiger partial charge in [-0.2, -0.15) is 0 Å². The molecule has 0 saturated carbocycles. The number of nitrogens with zero attached hydrogens (tertiary/aromatic N) is 2. The minimum Gasteiger partial charge on any atom is -0.274 e. The van der Waals surface area contributed by atoms with E-state index in [2.05, 4.69) is 9.97 Å². The number of hydrogen-bond donors (Lipinski definition) is 0. The molecule has 0 aliphatic rings. The summed E-state index contributed by atoms with van der Waals surface area (Å²) in [6, 6.07) is 0. The maximum absolute atomic E-state index is 10.9. The Balaban J connectivity index is 3.00. The molecule has 3 nitrogen and oxygen atoms in total. The van der Waals surface area contributed by atoms with Gasteiger partial charge in [0.2, 0.25) is 0 Å². The summed E-state index contributed by atoms with van der Waals surface area (Å²) in [5.74, 6) is 1.02. The van der Waals surface area contributed by atoms with Crippen molar-refractivity contribution in [2.24, 2.45) is 5.92 Å². The lowest BCUT2D eigenvalue weighted by atomic mass is 10.1. The highest BCUT2D eigenvalue weighted by Gasteiger charge is 2.11. The summed E-state index contributed by atoms with van der Waals surface area (Å²) in [7, 11) is 0. The molecule has 0 fully saturated rings. The first-order valence-electron chi connectivity index (χ1n) is 4.22. The quantitative estimate of drug-likeness (QED) is 0.753. The molecule has 0 aliphatic heterocycles. The lowest BCUT2D eigenvalue weighted by molar-refractivity contribution is 0.107. The standard InChI is InChI=1S/C9H10Cl2N2O/c1-5(2)3-7-12-4-6(10)8(13-7)9(11)14/h4-5H,3H2,1-2H3. The molecular formula is C9H10Cl2N2O. The molecule has 14 heavy (non-hydrogen) atoms. The van der Waals surface area contributed by atoms with E-state index in [-0.39, 0.29) is 10.7 Å². The lowest BCUT2D eigenvalue weighted by Gasteiger charge is -2.04. The van der Waals surface area contributed by atoms with E-state index in [1.165, 1.54) is 6.20 Å². The van der Waals surface area contributed by atoms with Gasteiger partial charge in [0.1, 0.15) is 11.5 Å². The van der Waals surface area contributed by atoms with E-state index >= 15 is 0 Å². The van der Waals surface area contributed by atoms with Crippen molar-refractivity contribution in [3.8, 4) is 0 Å². The van der Waals surface area contributed by atoms with Crippen LogP contribution in [0.2, 0.25) is 5.02 Å². The van der Waals surface area contributed by atoms with E-state index in [1.807, 2.05) is 13.8 Å². The van der Waals surface area contributed by atoms with E-state index in [9.17, 15) is 4.79 Å². The van der Waals surface area contributed by atoms with Crippen molar-refractivity contribution in [2.75, 3.05) is 0 Å². The Morgan fingerprint density at radius 1 is 1.57 bits per heavy atom. The van der Waals surface area contributed by atoms with Gasteiger partial charge in [0.05, 0.1) is 11.2 Å². The van der Waals surface area contributed by atoms with Crippen molar-refractivity contribution in [3.63, 3.8) is 0 Å². The maximum Gasteiger partial charge on any atom is 0.272 e. The van der Waals surface area contributed by atoms with E-state index in [1.54, 1.807) is 0 Å². The first kappa shape index (κ1) is 11.4. The van der Waals surface area contributed by atoms with Gasteiger partial charge in [0, 0.05) is 6.42 Å². The second-order valence-corrected chi connectivity index (χ2v) is 4.10. The summed E-state index contributed by atoms with van der Waals surface area (Å²) in [6.07, 6.45) is 2.11. The van der Waals surface area contributed by atoms with Crippen molar-refractivity contribution in [3.05, 3.63) is 22.7 Å². The maximum atomic E-state index is 10.9. The van der Waals surface area contributed by atoms with Gasteiger partial charge in [-0.3, -0.25) is 4.79 Å². The highest BCUT2D eigenvalue weighted by atomic mass is 35.5. The fourth-order valence-electron chi connectivity index (χ4n) is 1.00. The summed E-state index contributed by atoms with van der Waals surface area (Å²) < 4.78 is 0. The third-order valence-corrected chi connectivity index (χ3v) is 2.03. The molecular weight excluding hydrogens is 223 g/mol. The Bertz CT molecular complexity index is 353. The van der Waals surface area contributed by atoms with E-state index < -0.39 is 5.24 Å². The van der Waals surface area contributed by atoms with Gasteiger partial charge in [0.25, 0.3) is 5.24 Å². The molecule has 0 radical (unpaired) electrons. The zero-order valence-electron chi connectivity index (χ0n) is 7.92. The molecule has 1 aromatic heterocycles. The molecule has 0 bridgehead atoms. The van der Waals surface area contributed by atoms with Gasteiger partial charge >= 0.3 is 0 Å². The molecule has 0 unspecified atom stereocenters. The van der Waals surface area contributed by atoms with Crippen LogP contribution in [0.15, 0.2) is 6.20 Å². The first-order valence-corrected chi connectivity index (χ1v) is 4.97. The Kier molecular flexibility index (Phi) is 3.84. The molecule has 1 rings (SSSR count). The molecule has 0 spiro atoms. The van der Waals surface area contributed by atoms with E-state index in [0.29, 0.717) is 18.2 Å². The van der Waals surface area contributed by atoms with Gasteiger partial charge in [-0.05, 0) is 17.5 Å². The number of rotatable bonds is 3. The fraction of sp³-hybridized carbons (Fsp3) is 0.444. The minimum absolute atomic E-state index is 0.0824. The number of carbonyl (C=O) groups is 1. The number of carbonyl (C=O) groups excluding carboxylic acids is 1. The highest BCUT2D eigenvalue weighted by Crippen LogP contribution is 2.15. The third-order valence-electron chi connectivity index (χ3n) is 1.57. The minimum atomic E-state index is -0.651. The average molecular weight is 233 g/mol. The number of aromatic nitrogens is 2. The Labute approximate surface area is 92.5 Å². The van der Waals surface area contributed by atoms with Gasteiger partial charge in [0.15, 0.2) is 0 Å². The number of halogens is 2. The Hall–Kier alpha value is -0.670. The summed E-state index contributed by atoms with van der Waals surface area (Å²) >= 11 is 11.0. The Morgan fingerprint density at radius 2 is 2.21 bits per heavy atom. The van der Waals surface area contributed by atoms with Crippen LogP contribution in [0.5, 0.6) is 0 Å². The second-order valence-electron chi connectivity index (χ2n) is 3.35. The van der Waals surface area contributed by atoms with Gasteiger partial charge in [-0.1, -0.05) is 25.4 Å². The zero-order chi connectivity index (χ0) is 10.7. The Morgan fingerprint density at radius 3 is 2.71 bits per heavy atom. The lowest BCUT2D eigenvalue weighted by Crippen LogP contribution is -2.05. The molecule has 1 aromatic rings. The van der Waals surface area contributed by atoms with Crippen molar-refractivity contribution in [1.29, 1.82) is 0 Å². The first-order chi connectivity index (χ1) is 6.50. The van der Waals surface area contributed by atoms with Crippen LogP contribution in [-0.4, -0.2) is 15.2 Å². The predicted octanol–water partition coefficient (Wildman–Crippen LogP) is 2.71. The summed E-state index contributed by atoms with van der Waals surface area (Å²) in [4.78, 5) is 18.9. The molecule has 76 valence electrons. The van der Waals surface area contributed by atoms with Crippen LogP contribution in [0.3, 0.4) is 0 Å².